The number of rotatable bonds is 3. The minimum atomic E-state index is -0.447. The first-order valence-electron chi connectivity index (χ1n) is 5.70. The van der Waals surface area contributed by atoms with E-state index in [0.717, 1.165) is 12.8 Å². The third kappa shape index (κ3) is 2.39. The largest absolute Gasteiger partial charge is 0.510 e. The molecular weight excluding hydrogens is 232 g/mol. The van der Waals surface area contributed by atoms with Gasteiger partial charge in [0.25, 0.3) is 0 Å². The van der Waals surface area contributed by atoms with Crippen LogP contribution in [0.4, 0.5) is 0 Å². The first kappa shape index (κ1) is 12.2. The first-order chi connectivity index (χ1) is 8.03. The monoisotopic (exact) mass is 248 g/mol. The SMILES string of the molecule is CC1=C(O)C(C)(CCc2ccccc2)SC1=O. The Morgan fingerprint density at radius 2 is 1.94 bits per heavy atom. The number of aryl methyl sites for hydroxylation is 1. The molecule has 1 aromatic carbocycles. The smallest absolute Gasteiger partial charge is 0.219 e. The van der Waals surface area contributed by atoms with Gasteiger partial charge in [0.15, 0.2) is 0 Å². The van der Waals surface area contributed by atoms with Crippen LogP contribution in [0, 0.1) is 0 Å². The van der Waals surface area contributed by atoms with Crippen molar-refractivity contribution in [2.24, 2.45) is 0 Å². The Labute approximate surface area is 106 Å². The Balaban J connectivity index is 2.08. The summed E-state index contributed by atoms with van der Waals surface area (Å²) in [5.41, 5.74) is 1.74. The molecule has 90 valence electrons. The molecule has 0 aliphatic carbocycles. The summed E-state index contributed by atoms with van der Waals surface area (Å²) in [7, 11) is 0. The Morgan fingerprint density at radius 3 is 2.47 bits per heavy atom. The zero-order valence-corrected chi connectivity index (χ0v) is 10.9. The second-order valence-electron chi connectivity index (χ2n) is 4.58. The summed E-state index contributed by atoms with van der Waals surface area (Å²) in [5.74, 6) is 0.253. The van der Waals surface area contributed by atoms with Crippen LogP contribution in [0.15, 0.2) is 41.7 Å². The molecule has 1 aliphatic rings. The molecule has 0 spiro atoms. The van der Waals surface area contributed by atoms with Crippen molar-refractivity contribution in [1.82, 2.24) is 0 Å². The van der Waals surface area contributed by atoms with E-state index in [1.165, 1.54) is 17.3 Å². The van der Waals surface area contributed by atoms with Crippen LogP contribution in [0.1, 0.15) is 25.8 Å². The van der Waals surface area contributed by atoms with E-state index in [1.807, 2.05) is 25.1 Å². The van der Waals surface area contributed by atoms with Gasteiger partial charge in [-0.15, -0.1) is 0 Å². The fourth-order valence-electron chi connectivity index (χ4n) is 2.02. The van der Waals surface area contributed by atoms with Crippen molar-refractivity contribution in [2.45, 2.75) is 31.4 Å². The number of hydrogen-bond donors (Lipinski definition) is 1. The van der Waals surface area contributed by atoms with Crippen molar-refractivity contribution in [3.8, 4) is 0 Å². The summed E-state index contributed by atoms with van der Waals surface area (Å²) in [6, 6.07) is 10.1. The predicted octanol–water partition coefficient (Wildman–Crippen LogP) is 3.48. The lowest BCUT2D eigenvalue weighted by atomic mass is 9.97. The van der Waals surface area contributed by atoms with Crippen molar-refractivity contribution in [3.63, 3.8) is 0 Å². The van der Waals surface area contributed by atoms with Gasteiger partial charge in [-0.2, -0.15) is 0 Å². The van der Waals surface area contributed by atoms with Crippen LogP contribution in [0.25, 0.3) is 0 Å². The third-order valence-electron chi connectivity index (χ3n) is 3.21. The number of aliphatic hydroxyl groups is 1. The van der Waals surface area contributed by atoms with Crippen molar-refractivity contribution in [2.75, 3.05) is 0 Å². The molecular formula is C14H16O2S. The number of benzene rings is 1. The topological polar surface area (TPSA) is 37.3 Å². The van der Waals surface area contributed by atoms with Gasteiger partial charge >= 0.3 is 0 Å². The highest BCUT2D eigenvalue weighted by molar-refractivity contribution is 8.15. The van der Waals surface area contributed by atoms with Crippen molar-refractivity contribution in [1.29, 1.82) is 0 Å². The molecule has 1 aromatic rings. The maximum Gasteiger partial charge on any atom is 0.219 e. The van der Waals surface area contributed by atoms with E-state index >= 15 is 0 Å². The average molecular weight is 248 g/mol. The summed E-state index contributed by atoms with van der Waals surface area (Å²) in [4.78, 5) is 11.6. The molecule has 2 nitrogen and oxygen atoms in total. The molecule has 17 heavy (non-hydrogen) atoms. The van der Waals surface area contributed by atoms with Gasteiger partial charge in [-0.05, 0) is 32.3 Å². The highest BCUT2D eigenvalue weighted by Crippen LogP contribution is 2.44. The zero-order chi connectivity index (χ0) is 12.5. The van der Waals surface area contributed by atoms with Crippen LogP contribution in [0.5, 0.6) is 0 Å². The maximum absolute atomic E-state index is 11.6. The van der Waals surface area contributed by atoms with E-state index in [4.69, 9.17) is 0 Å². The van der Waals surface area contributed by atoms with Gasteiger partial charge in [0.2, 0.25) is 5.12 Å². The number of aliphatic hydroxyl groups excluding tert-OH is 1. The summed E-state index contributed by atoms with van der Waals surface area (Å²) in [6.07, 6.45) is 1.64. The molecule has 0 fully saturated rings. The van der Waals surface area contributed by atoms with Crippen LogP contribution in [0.3, 0.4) is 0 Å². The summed E-state index contributed by atoms with van der Waals surface area (Å²) < 4.78 is -0.447. The summed E-state index contributed by atoms with van der Waals surface area (Å²) in [6.45, 7) is 3.63. The summed E-state index contributed by atoms with van der Waals surface area (Å²) in [5, 5.41) is 10.0. The van der Waals surface area contributed by atoms with E-state index in [0.29, 0.717) is 5.57 Å². The van der Waals surface area contributed by atoms with E-state index in [9.17, 15) is 9.90 Å². The molecule has 0 aromatic heterocycles. The molecule has 2 rings (SSSR count). The molecule has 0 saturated carbocycles. The van der Waals surface area contributed by atoms with E-state index in [2.05, 4.69) is 12.1 Å². The molecule has 1 heterocycles. The van der Waals surface area contributed by atoms with Gasteiger partial charge in [0.05, 0.1) is 4.75 Å². The van der Waals surface area contributed by atoms with Gasteiger partial charge in [0, 0.05) is 5.57 Å². The van der Waals surface area contributed by atoms with Gasteiger partial charge < -0.3 is 5.11 Å². The molecule has 0 bridgehead atoms. The first-order valence-corrected chi connectivity index (χ1v) is 6.52. The normalized spacial score (nSPS) is 24.5. The Kier molecular flexibility index (Phi) is 3.29. The van der Waals surface area contributed by atoms with E-state index in [-0.39, 0.29) is 10.9 Å². The molecule has 1 unspecified atom stereocenters. The molecule has 1 atom stereocenters. The van der Waals surface area contributed by atoms with Crippen LogP contribution >= 0.6 is 11.8 Å². The van der Waals surface area contributed by atoms with Crippen LogP contribution < -0.4 is 0 Å². The van der Waals surface area contributed by atoms with Gasteiger partial charge in [-0.1, -0.05) is 42.1 Å². The Bertz CT molecular complexity index is 464. The average Bonchev–Trinajstić information content (AvgIpc) is 2.53. The second kappa shape index (κ2) is 4.57. The maximum atomic E-state index is 11.6. The van der Waals surface area contributed by atoms with Crippen LogP contribution in [-0.2, 0) is 11.2 Å². The predicted molar refractivity (Wildman–Crippen MR) is 71.1 cm³/mol. The summed E-state index contributed by atoms with van der Waals surface area (Å²) >= 11 is 1.24. The molecule has 0 saturated heterocycles. The number of thioether (sulfide) groups is 1. The third-order valence-corrected chi connectivity index (χ3v) is 4.55. The number of carbonyl (C=O) groups is 1. The number of hydrogen-bond acceptors (Lipinski definition) is 3. The van der Waals surface area contributed by atoms with Gasteiger partial charge in [-0.25, -0.2) is 0 Å². The van der Waals surface area contributed by atoms with Crippen molar-refractivity contribution >= 4 is 16.9 Å². The molecule has 0 amide bonds. The Hall–Kier alpha value is -1.22. The quantitative estimate of drug-likeness (QED) is 0.889. The van der Waals surface area contributed by atoms with Crippen molar-refractivity contribution < 1.29 is 9.90 Å². The lowest BCUT2D eigenvalue weighted by Gasteiger charge is -2.22. The highest BCUT2D eigenvalue weighted by Gasteiger charge is 2.41. The van der Waals surface area contributed by atoms with Gasteiger partial charge in [-0.3, -0.25) is 4.79 Å². The van der Waals surface area contributed by atoms with E-state index in [1.54, 1.807) is 6.92 Å². The van der Waals surface area contributed by atoms with Crippen LogP contribution in [0.2, 0.25) is 0 Å². The minimum absolute atomic E-state index is 0.00179. The zero-order valence-electron chi connectivity index (χ0n) is 10.1. The molecule has 3 heteroatoms. The molecule has 0 radical (unpaired) electrons. The lowest BCUT2D eigenvalue weighted by molar-refractivity contribution is -0.107. The number of carbonyl (C=O) groups excluding carboxylic acids is 1. The fraction of sp³-hybridized carbons (Fsp3) is 0.357. The van der Waals surface area contributed by atoms with E-state index < -0.39 is 4.75 Å². The molecule has 1 aliphatic heterocycles. The standard InChI is InChI=1S/C14H16O2S/c1-10-12(15)14(2,17-13(10)16)9-8-11-6-4-3-5-7-11/h3-7,15H,8-9H2,1-2H3. The van der Waals surface area contributed by atoms with Crippen molar-refractivity contribution in [3.05, 3.63) is 47.2 Å². The van der Waals surface area contributed by atoms with Gasteiger partial charge in [0.1, 0.15) is 5.76 Å². The minimum Gasteiger partial charge on any atom is -0.510 e. The fourth-order valence-corrected chi connectivity index (χ4v) is 3.13. The highest BCUT2D eigenvalue weighted by atomic mass is 32.2. The Morgan fingerprint density at radius 1 is 1.29 bits per heavy atom. The van der Waals surface area contributed by atoms with Crippen LogP contribution in [-0.4, -0.2) is 15.0 Å². The molecule has 1 N–H and O–H groups in total. The second-order valence-corrected chi connectivity index (χ2v) is 6.06. The lowest BCUT2D eigenvalue weighted by Crippen LogP contribution is -2.21.